The molecular formula is C20H24ClNO4. The van der Waals surface area contributed by atoms with E-state index in [1.165, 1.54) is 21.3 Å². The minimum Gasteiger partial charge on any atom is -0.489 e. The van der Waals surface area contributed by atoms with E-state index in [2.05, 4.69) is 5.32 Å². The standard InChI is InChI=1S/C20H24ClNO4/c1-13-9-10-14(2)18(11-13)26-12-15-16(7-6-8-17(15)21)20(24-4,25-5)19(23)22-3/h6-11H,12H2,1-5H3,(H,22,23). The van der Waals surface area contributed by atoms with Gasteiger partial charge in [-0.25, -0.2) is 0 Å². The summed E-state index contributed by atoms with van der Waals surface area (Å²) in [4.78, 5) is 12.5. The SMILES string of the molecule is CNC(=O)C(OC)(OC)c1cccc(Cl)c1COc1cc(C)ccc1C. The summed E-state index contributed by atoms with van der Waals surface area (Å²) in [7, 11) is 4.34. The van der Waals surface area contributed by atoms with E-state index in [9.17, 15) is 4.79 Å². The van der Waals surface area contributed by atoms with Crippen LogP contribution in [-0.4, -0.2) is 27.2 Å². The van der Waals surface area contributed by atoms with Gasteiger partial charge in [-0.05, 0) is 37.1 Å². The number of hydrogen-bond donors (Lipinski definition) is 1. The number of carbonyl (C=O) groups is 1. The molecule has 6 heteroatoms. The van der Waals surface area contributed by atoms with Gasteiger partial charge in [-0.2, -0.15) is 0 Å². The first-order valence-electron chi connectivity index (χ1n) is 8.20. The molecule has 0 saturated heterocycles. The molecule has 0 aliphatic rings. The minimum atomic E-state index is -1.61. The van der Waals surface area contributed by atoms with Gasteiger partial charge in [0.1, 0.15) is 12.4 Å². The molecule has 0 aliphatic heterocycles. The van der Waals surface area contributed by atoms with E-state index < -0.39 is 11.7 Å². The third-order valence-corrected chi connectivity index (χ3v) is 4.64. The Balaban J connectivity index is 2.46. The number of rotatable bonds is 7. The van der Waals surface area contributed by atoms with Crippen molar-refractivity contribution in [3.63, 3.8) is 0 Å². The van der Waals surface area contributed by atoms with E-state index in [1.54, 1.807) is 18.2 Å². The van der Waals surface area contributed by atoms with Crippen molar-refractivity contribution in [1.29, 1.82) is 0 Å². The first kappa shape index (κ1) is 20.2. The van der Waals surface area contributed by atoms with Gasteiger partial charge in [-0.1, -0.05) is 35.9 Å². The summed E-state index contributed by atoms with van der Waals surface area (Å²) in [6, 6.07) is 11.2. The molecule has 0 saturated carbocycles. The van der Waals surface area contributed by atoms with Crippen LogP contribution in [-0.2, 0) is 26.7 Å². The molecule has 0 fully saturated rings. The Bertz CT molecular complexity index is 787. The number of amides is 1. The van der Waals surface area contributed by atoms with Crippen molar-refractivity contribution >= 4 is 17.5 Å². The van der Waals surface area contributed by atoms with Gasteiger partial charge >= 0.3 is 0 Å². The number of likely N-dealkylation sites (N-methyl/N-ethyl adjacent to an activating group) is 1. The normalized spacial score (nSPS) is 11.3. The highest BCUT2D eigenvalue weighted by Crippen LogP contribution is 2.34. The quantitative estimate of drug-likeness (QED) is 0.747. The molecule has 0 heterocycles. The Hall–Kier alpha value is -2.08. The lowest BCUT2D eigenvalue weighted by Gasteiger charge is -2.31. The summed E-state index contributed by atoms with van der Waals surface area (Å²) >= 11 is 6.41. The van der Waals surface area contributed by atoms with Gasteiger partial charge in [0.25, 0.3) is 11.7 Å². The lowest BCUT2D eigenvalue weighted by Crippen LogP contribution is -2.46. The lowest BCUT2D eigenvalue weighted by atomic mass is 9.98. The van der Waals surface area contributed by atoms with Crippen LogP contribution in [0, 0.1) is 13.8 Å². The average molecular weight is 378 g/mol. The molecule has 0 spiro atoms. The summed E-state index contributed by atoms with van der Waals surface area (Å²) in [6.45, 7) is 4.14. The van der Waals surface area contributed by atoms with Crippen LogP contribution < -0.4 is 10.1 Å². The van der Waals surface area contributed by atoms with Crippen molar-refractivity contribution in [3.8, 4) is 5.75 Å². The molecule has 2 aromatic carbocycles. The molecular weight excluding hydrogens is 354 g/mol. The van der Waals surface area contributed by atoms with Crippen molar-refractivity contribution in [2.45, 2.75) is 26.2 Å². The monoisotopic (exact) mass is 377 g/mol. The van der Waals surface area contributed by atoms with Crippen molar-refractivity contribution < 1.29 is 19.0 Å². The van der Waals surface area contributed by atoms with Crippen LogP contribution >= 0.6 is 11.6 Å². The second-order valence-corrected chi connectivity index (χ2v) is 6.33. The number of methoxy groups -OCH3 is 2. The number of aryl methyl sites for hydroxylation is 2. The van der Waals surface area contributed by atoms with Gasteiger partial charge in [0.15, 0.2) is 0 Å². The van der Waals surface area contributed by atoms with E-state index in [-0.39, 0.29) is 6.61 Å². The van der Waals surface area contributed by atoms with Crippen LogP contribution in [0.4, 0.5) is 0 Å². The Morgan fingerprint density at radius 3 is 2.46 bits per heavy atom. The molecule has 1 amide bonds. The molecule has 140 valence electrons. The van der Waals surface area contributed by atoms with E-state index in [0.717, 1.165) is 16.9 Å². The zero-order valence-electron chi connectivity index (χ0n) is 15.7. The Morgan fingerprint density at radius 1 is 1.15 bits per heavy atom. The van der Waals surface area contributed by atoms with Crippen LogP contribution in [0.5, 0.6) is 5.75 Å². The predicted molar refractivity (Wildman–Crippen MR) is 101 cm³/mol. The van der Waals surface area contributed by atoms with Crippen LogP contribution in [0.2, 0.25) is 5.02 Å². The van der Waals surface area contributed by atoms with Gasteiger partial charge in [0, 0.05) is 37.4 Å². The molecule has 0 aliphatic carbocycles. The highest BCUT2D eigenvalue weighted by atomic mass is 35.5. The van der Waals surface area contributed by atoms with Crippen LogP contribution in [0.25, 0.3) is 0 Å². The molecule has 2 aromatic rings. The number of ether oxygens (including phenoxy) is 3. The predicted octanol–water partition coefficient (Wildman–Crippen LogP) is 3.73. The Kier molecular flexibility index (Phi) is 6.64. The topological polar surface area (TPSA) is 56.8 Å². The maximum atomic E-state index is 12.5. The molecule has 2 rings (SSSR count). The average Bonchev–Trinajstić information content (AvgIpc) is 2.64. The van der Waals surface area contributed by atoms with Crippen molar-refractivity contribution in [1.82, 2.24) is 5.32 Å². The number of benzene rings is 2. The summed E-state index contributed by atoms with van der Waals surface area (Å²) in [5.74, 6) is -1.28. The maximum absolute atomic E-state index is 12.5. The highest BCUT2D eigenvalue weighted by molar-refractivity contribution is 6.31. The molecule has 1 N–H and O–H groups in total. The smallest absolute Gasteiger partial charge is 0.285 e. The van der Waals surface area contributed by atoms with E-state index in [4.69, 9.17) is 25.8 Å². The van der Waals surface area contributed by atoms with E-state index >= 15 is 0 Å². The van der Waals surface area contributed by atoms with Gasteiger partial charge in [0.2, 0.25) is 0 Å². The van der Waals surface area contributed by atoms with Gasteiger partial charge in [-0.15, -0.1) is 0 Å². The molecule has 5 nitrogen and oxygen atoms in total. The first-order valence-corrected chi connectivity index (χ1v) is 8.57. The number of halogens is 1. The van der Waals surface area contributed by atoms with Crippen LogP contribution in [0.1, 0.15) is 22.3 Å². The maximum Gasteiger partial charge on any atom is 0.285 e. The number of nitrogens with one attached hydrogen (secondary N) is 1. The largest absolute Gasteiger partial charge is 0.489 e. The molecule has 26 heavy (non-hydrogen) atoms. The van der Waals surface area contributed by atoms with Gasteiger partial charge < -0.3 is 19.5 Å². The molecule has 0 bridgehead atoms. The third-order valence-electron chi connectivity index (χ3n) is 4.29. The summed E-state index contributed by atoms with van der Waals surface area (Å²) in [5.41, 5.74) is 3.24. The fraction of sp³-hybridized carbons (Fsp3) is 0.350. The molecule has 0 radical (unpaired) electrons. The lowest BCUT2D eigenvalue weighted by molar-refractivity contribution is -0.215. The second kappa shape index (κ2) is 8.54. The van der Waals surface area contributed by atoms with Crippen molar-refractivity contribution in [2.24, 2.45) is 0 Å². The summed E-state index contributed by atoms with van der Waals surface area (Å²) < 4.78 is 16.9. The fourth-order valence-electron chi connectivity index (χ4n) is 2.80. The number of carbonyl (C=O) groups excluding carboxylic acids is 1. The van der Waals surface area contributed by atoms with Crippen molar-refractivity contribution in [2.75, 3.05) is 21.3 Å². The van der Waals surface area contributed by atoms with Gasteiger partial charge in [-0.3, -0.25) is 4.79 Å². The first-order chi connectivity index (χ1) is 12.4. The highest BCUT2D eigenvalue weighted by Gasteiger charge is 2.42. The number of hydrogen-bond acceptors (Lipinski definition) is 4. The minimum absolute atomic E-state index is 0.171. The second-order valence-electron chi connectivity index (χ2n) is 5.93. The van der Waals surface area contributed by atoms with Crippen LogP contribution in [0.3, 0.4) is 0 Å². The summed E-state index contributed by atoms with van der Waals surface area (Å²) in [6.07, 6.45) is 0. The summed E-state index contributed by atoms with van der Waals surface area (Å²) in [5, 5.41) is 3.04. The fourth-order valence-corrected chi connectivity index (χ4v) is 3.03. The molecule has 0 unspecified atom stereocenters. The van der Waals surface area contributed by atoms with Gasteiger partial charge in [0.05, 0.1) is 0 Å². The molecule has 0 aromatic heterocycles. The third kappa shape index (κ3) is 3.85. The van der Waals surface area contributed by atoms with Crippen LogP contribution in [0.15, 0.2) is 36.4 Å². The molecule has 0 atom stereocenters. The Morgan fingerprint density at radius 2 is 1.85 bits per heavy atom. The van der Waals surface area contributed by atoms with E-state index in [0.29, 0.717) is 16.1 Å². The van der Waals surface area contributed by atoms with Crippen molar-refractivity contribution in [3.05, 3.63) is 63.7 Å². The van der Waals surface area contributed by atoms with E-state index in [1.807, 2.05) is 32.0 Å². The zero-order valence-corrected chi connectivity index (χ0v) is 16.4. The Labute approximate surface area is 159 Å². The zero-order chi connectivity index (χ0) is 19.3.